The molecule has 0 amide bonds. The Hall–Kier alpha value is -2.43. The van der Waals surface area contributed by atoms with Crippen molar-refractivity contribution < 1.29 is 8.78 Å². The van der Waals surface area contributed by atoms with Gasteiger partial charge in [0.2, 0.25) is 5.56 Å². The van der Waals surface area contributed by atoms with Gasteiger partial charge in [0.1, 0.15) is 17.7 Å². The lowest BCUT2D eigenvalue weighted by atomic mass is 10.1. The van der Waals surface area contributed by atoms with Gasteiger partial charge in [-0.1, -0.05) is 6.07 Å². The molecule has 0 aliphatic heterocycles. The van der Waals surface area contributed by atoms with Gasteiger partial charge in [-0.05, 0) is 36.1 Å². The number of benzene rings is 1. The molecule has 3 nitrogen and oxygen atoms in total. The number of thioether (sulfide) groups is 1. The van der Waals surface area contributed by atoms with Crippen LogP contribution in [0.15, 0.2) is 45.5 Å². The second-order valence-electron chi connectivity index (χ2n) is 5.31. The molecule has 2 heterocycles. The lowest BCUT2D eigenvalue weighted by Crippen LogP contribution is -2.08. The largest absolute Gasteiger partial charge is 0.316 e. The molecule has 1 aromatic carbocycles. The van der Waals surface area contributed by atoms with Crippen LogP contribution in [0.1, 0.15) is 16.7 Å². The van der Waals surface area contributed by atoms with Gasteiger partial charge < -0.3 is 4.98 Å². The van der Waals surface area contributed by atoms with Crippen LogP contribution in [-0.2, 0) is 5.75 Å². The van der Waals surface area contributed by atoms with Crippen molar-refractivity contribution in [2.45, 2.75) is 17.7 Å². The summed E-state index contributed by atoms with van der Waals surface area (Å²) in [5, 5.41) is 11.8. The van der Waals surface area contributed by atoms with Gasteiger partial charge in [-0.3, -0.25) is 4.79 Å². The topological polar surface area (TPSA) is 56.6 Å². The number of hydrogen-bond donors (Lipinski definition) is 1. The van der Waals surface area contributed by atoms with E-state index in [4.69, 9.17) is 0 Å². The molecule has 3 rings (SSSR count). The second-order valence-corrected chi connectivity index (χ2v) is 7.25. The summed E-state index contributed by atoms with van der Waals surface area (Å²) >= 11 is 2.60. The number of nitrogens with one attached hydrogen (secondary N) is 1. The predicted molar refractivity (Wildman–Crippen MR) is 95.7 cm³/mol. The summed E-state index contributed by atoms with van der Waals surface area (Å²) in [5.74, 6) is -0.999. The number of H-pyrrole nitrogens is 1. The van der Waals surface area contributed by atoms with E-state index in [-0.39, 0.29) is 16.9 Å². The van der Waals surface area contributed by atoms with E-state index < -0.39 is 11.6 Å². The van der Waals surface area contributed by atoms with Crippen molar-refractivity contribution >= 4 is 23.1 Å². The number of thiophene rings is 1. The number of nitrogens with zero attached hydrogens (tertiary/aromatic N) is 1. The quantitative estimate of drug-likeness (QED) is 0.664. The van der Waals surface area contributed by atoms with Crippen molar-refractivity contribution in [2.24, 2.45) is 0 Å². The van der Waals surface area contributed by atoms with E-state index in [0.29, 0.717) is 21.7 Å². The maximum atomic E-state index is 13.7. The van der Waals surface area contributed by atoms with Gasteiger partial charge in [0, 0.05) is 27.8 Å². The zero-order valence-corrected chi connectivity index (χ0v) is 14.7. The molecule has 0 saturated heterocycles. The molecular formula is C18H12F2N2OS2. The van der Waals surface area contributed by atoms with E-state index in [1.807, 2.05) is 17.5 Å². The molecule has 2 aromatic heterocycles. The molecular weight excluding hydrogens is 362 g/mol. The van der Waals surface area contributed by atoms with Crippen molar-refractivity contribution in [3.05, 3.63) is 74.4 Å². The number of aromatic nitrogens is 1. The van der Waals surface area contributed by atoms with Crippen molar-refractivity contribution in [3.63, 3.8) is 0 Å². The monoisotopic (exact) mass is 374 g/mol. The average molecular weight is 374 g/mol. The fourth-order valence-corrected chi connectivity index (χ4v) is 4.02. The summed E-state index contributed by atoms with van der Waals surface area (Å²) < 4.78 is 27.3. The van der Waals surface area contributed by atoms with Crippen LogP contribution in [0, 0.1) is 29.9 Å². The van der Waals surface area contributed by atoms with Gasteiger partial charge >= 0.3 is 0 Å². The van der Waals surface area contributed by atoms with Crippen molar-refractivity contribution in [1.29, 1.82) is 5.26 Å². The molecule has 0 unspecified atom stereocenters. The molecule has 0 atom stereocenters. The maximum Gasteiger partial charge on any atom is 0.249 e. The molecule has 0 saturated carbocycles. The summed E-state index contributed by atoms with van der Waals surface area (Å²) in [7, 11) is 0. The van der Waals surface area contributed by atoms with E-state index in [9.17, 15) is 18.8 Å². The minimum absolute atomic E-state index is 0.0282. The van der Waals surface area contributed by atoms with Gasteiger partial charge in [-0.2, -0.15) is 5.26 Å². The summed E-state index contributed by atoms with van der Waals surface area (Å²) in [6.45, 7) is 1.37. The number of nitriles is 1. The highest BCUT2D eigenvalue weighted by Crippen LogP contribution is 2.32. The van der Waals surface area contributed by atoms with Gasteiger partial charge in [-0.15, -0.1) is 23.1 Å². The zero-order chi connectivity index (χ0) is 18.0. The first-order valence-corrected chi connectivity index (χ1v) is 9.14. The van der Waals surface area contributed by atoms with E-state index in [1.165, 1.54) is 48.2 Å². The first kappa shape index (κ1) is 17.4. The van der Waals surface area contributed by atoms with Crippen LogP contribution in [0.2, 0.25) is 0 Å². The van der Waals surface area contributed by atoms with Crippen LogP contribution in [0.3, 0.4) is 0 Å². The van der Waals surface area contributed by atoms with E-state index in [1.54, 1.807) is 0 Å². The third kappa shape index (κ3) is 3.65. The number of rotatable bonds is 4. The molecule has 25 heavy (non-hydrogen) atoms. The Morgan fingerprint density at radius 1 is 1.28 bits per heavy atom. The molecule has 0 aliphatic rings. The second kappa shape index (κ2) is 7.21. The highest BCUT2D eigenvalue weighted by atomic mass is 32.2. The highest BCUT2D eigenvalue weighted by Gasteiger charge is 2.14. The van der Waals surface area contributed by atoms with Crippen LogP contribution >= 0.6 is 23.1 Å². The standard InChI is InChI=1S/C18H12F2N2OS2/c1-10-14(19)5-11(6-15(10)20)9-25-18-13(8-21)12(7-17(23)22-18)16-3-2-4-24-16/h2-7H,9H2,1H3,(H,22,23). The van der Waals surface area contributed by atoms with Crippen LogP contribution < -0.4 is 5.56 Å². The SMILES string of the molecule is Cc1c(F)cc(CSc2[nH]c(=O)cc(-c3cccs3)c2C#N)cc1F. The minimum atomic E-state index is -0.614. The van der Waals surface area contributed by atoms with Crippen molar-refractivity contribution in [3.8, 4) is 16.5 Å². The number of pyridine rings is 1. The predicted octanol–water partition coefficient (Wildman–Crippen LogP) is 4.85. The van der Waals surface area contributed by atoms with Gasteiger partial charge in [0.25, 0.3) is 0 Å². The fraction of sp³-hybridized carbons (Fsp3) is 0.111. The van der Waals surface area contributed by atoms with Gasteiger partial charge in [-0.25, -0.2) is 8.78 Å². The highest BCUT2D eigenvalue weighted by molar-refractivity contribution is 7.98. The smallest absolute Gasteiger partial charge is 0.249 e. The third-order valence-corrected chi connectivity index (χ3v) is 5.61. The van der Waals surface area contributed by atoms with Crippen molar-refractivity contribution in [2.75, 3.05) is 0 Å². The number of halogens is 2. The fourth-order valence-electron chi connectivity index (χ4n) is 2.32. The Morgan fingerprint density at radius 2 is 2.00 bits per heavy atom. The normalized spacial score (nSPS) is 10.6. The van der Waals surface area contributed by atoms with Gasteiger partial charge in [0.05, 0.1) is 10.6 Å². The van der Waals surface area contributed by atoms with Crippen LogP contribution in [0.25, 0.3) is 10.4 Å². The maximum absolute atomic E-state index is 13.7. The lowest BCUT2D eigenvalue weighted by molar-refractivity contribution is 0.566. The summed E-state index contributed by atoms with van der Waals surface area (Å²) in [4.78, 5) is 15.4. The molecule has 0 bridgehead atoms. The summed E-state index contributed by atoms with van der Waals surface area (Å²) in [6.07, 6.45) is 0. The Balaban J connectivity index is 1.96. The molecule has 0 fully saturated rings. The number of aromatic amines is 1. The Labute approximate surface area is 151 Å². The molecule has 0 spiro atoms. The van der Waals surface area contributed by atoms with Crippen LogP contribution in [-0.4, -0.2) is 4.98 Å². The zero-order valence-electron chi connectivity index (χ0n) is 13.1. The van der Waals surface area contributed by atoms with E-state index >= 15 is 0 Å². The Morgan fingerprint density at radius 3 is 2.60 bits per heavy atom. The third-order valence-electron chi connectivity index (χ3n) is 3.63. The van der Waals surface area contributed by atoms with Crippen LogP contribution in [0.5, 0.6) is 0 Å². The molecule has 1 N–H and O–H groups in total. The van der Waals surface area contributed by atoms with E-state index in [2.05, 4.69) is 11.1 Å². The lowest BCUT2D eigenvalue weighted by Gasteiger charge is -2.09. The molecule has 7 heteroatoms. The molecule has 3 aromatic rings. The molecule has 126 valence electrons. The minimum Gasteiger partial charge on any atom is -0.316 e. The van der Waals surface area contributed by atoms with E-state index in [0.717, 1.165) is 4.88 Å². The Bertz CT molecular complexity index is 998. The number of hydrogen-bond acceptors (Lipinski definition) is 4. The average Bonchev–Trinajstić information content (AvgIpc) is 3.11. The van der Waals surface area contributed by atoms with Crippen molar-refractivity contribution in [1.82, 2.24) is 4.98 Å². The molecule has 0 aliphatic carbocycles. The van der Waals surface area contributed by atoms with Gasteiger partial charge in [0.15, 0.2) is 0 Å². The Kier molecular flexibility index (Phi) is 5.02. The summed E-state index contributed by atoms with van der Waals surface area (Å²) in [6, 6.07) is 9.70. The van der Waals surface area contributed by atoms with Crippen LogP contribution in [0.4, 0.5) is 8.78 Å². The molecule has 0 radical (unpaired) electrons. The summed E-state index contributed by atoms with van der Waals surface area (Å²) in [5.41, 5.74) is 0.993. The first-order valence-electron chi connectivity index (χ1n) is 7.28. The first-order chi connectivity index (χ1) is 12.0.